The molecule has 3 N–H and O–H groups in total. The third-order valence-electron chi connectivity index (χ3n) is 2.57. The van der Waals surface area contributed by atoms with E-state index in [1.807, 2.05) is 0 Å². The number of pyridine rings is 1. The second-order valence-corrected chi connectivity index (χ2v) is 5.30. The molecule has 1 atom stereocenters. The Morgan fingerprint density at radius 2 is 2.16 bits per heavy atom. The number of carbonyl (C=O) groups is 1. The Morgan fingerprint density at radius 1 is 1.47 bits per heavy atom. The predicted octanol–water partition coefficient (Wildman–Crippen LogP) is -0.0906. The van der Waals surface area contributed by atoms with Gasteiger partial charge in [0.05, 0.1) is 11.9 Å². The van der Waals surface area contributed by atoms with E-state index in [4.69, 9.17) is 9.84 Å². The molecule has 2 aromatic rings. The van der Waals surface area contributed by atoms with E-state index in [-0.39, 0.29) is 16.8 Å². The van der Waals surface area contributed by atoms with Gasteiger partial charge in [0.25, 0.3) is 0 Å². The molecule has 0 bridgehead atoms. The molecule has 0 saturated heterocycles. The number of hydrogen-bond acceptors (Lipinski definition) is 4. The van der Waals surface area contributed by atoms with E-state index in [9.17, 15) is 19.1 Å². The van der Waals surface area contributed by atoms with Gasteiger partial charge >= 0.3 is 13.6 Å². The second kappa shape index (κ2) is 4.75. The van der Waals surface area contributed by atoms with E-state index in [1.165, 1.54) is 25.3 Å². The maximum atomic E-state index is 11.4. The molecule has 102 valence electrons. The molecule has 2 aromatic heterocycles. The minimum Gasteiger partial charge on any atom is -0.479 e. The van der Waals surface area contributed by atoms with E-state index in [1.54, 1.807) is 0 Å². The average molecular weight is 286 g/mol. The van der Waals surface area contributed by atoms with Crippen LogP contribution in [0.4, 0.5) is 0 Å². The Hall–Kier alpha value is -1.73. The van der Waals surface area contributed by atoms with Crippen molar-refractivity contribution in [2.24, 2.45) is 0 Å². The average Bonchev–Trinajstić information content (AvgIpc) is 2.73. The van der Waals surface area contributed by atoms with Crippen LogP contribution in [0.2, 0.25) is 0 Å². The fourth-order valence-electron chi connectivity index (χ4n) is 1.80. The maximum absolute atomic E-state index is 11.4. The van der Waals surface area contributed by atoms with Crippen LogP contribution < -0.4 is 5.44 Å². The van der Waals surface area contributed by atoms with Gasteiger partial charge in [-0.2, -0.15) is 0 Å². The first-order valence-electron chi connectivity index (χ1n) is 5.14. The number of aromatic nitrogens is 2. The van der Waals surface area contributed by atoms with Crippen LogP contribution in [0.15, 0.2) is 24.4 Å². The smallest absolute Gasteiger partial charge is 0.374 e. The number of carboxylic acid groups (broad SMARTS) is 1. The number of carboxylic acids is 1. The fraction of sp³-hybridized carbons (Fsp3) is 0.200. The molecule has 0 radical (unpaired) electrons. The molecular formula is C10H11N2O6P. The number of aliphatic carboxylic acids is 1. The van der Waals surface area contributed by atoms with Gasteiger partial charge in [-0.05, 0) is 12.1 Å². The number of imidazole rings is 1. The minimum atomic E-state index is -4.57. The highest BCUT2D eigenvalue weighted by atomic mass is 31.2. The van der Waals surface area contributed by atoms with Gasteiger partial charge in [0.15, 0.2) is 11.5 Å². The summed E-state index contributed by atoms with van der Waals surface area (Å²) < 4.78 is 17.3. The van der Waals surface area contributed by atoms with Crippen LogP contribution in [-0.2, 0) is 14.1 Å². The van der Waals surface area contributed by atoms with Crippen molar-refractivity contribution >= 4 is 24.6 Å². The number of nitrogens with zero attached hydrogens (tertiary/aromatic N) is 2. The SMILES string of the molecule is COC(C(=O)O)c1cccc2ncc(P(=O)(O)O)n12. The van der Waals surface area contributed by atoms with E-state index >= 15 is 0 Å². The van der Waals surface area contributed by atoms with Crippen molar-refractivity contribution in [1.29, 1.82) is 0 Å². The maximum Gasteiger partial charge on any atom is 0.374 e. The Bertz CT molecular complexity index is 676. The molecule has 1 unspecified atom stereocenters. The lowest BCUT2D eigenvalue weighted by atomic mass is 10.2. The van der Waals surface area contributed by atoms with Crippen molar-refractivity contribution in [2.75, 3.05) is 7.11 Å². The molecule has 0 aliphatic heterocycles. The Labute approximate surface area is 107 Å². The van der Waals surface area contributed by atoms with Gasteiger partial charge in [-0.25, -0.2) is 9.78 Å². The first-order chi connectivity index (χ1) is 8.86. The van der Waals surface area contributed by atoms with E-state index in [0.29, 0.717) is 0 Å². The lowest BCUT2D eigenvalue weighted by Crippen LogP contribution is -2.21. The number of rotatable bonds is 4. The number of ether oxygens (including phenoxy) is 1. The summed E-state index contributed by atoms with van der Waals surface area (Å²) in [6, 6.07) is 4.46. The van der Waals surface area contributed by atoms with Crippen molar-refractivity contribution in [3.8, 4) is 0 Å². The van der Waals surface area contributed by atoms with Crippen LogP contribution in [0.3, 0.4) is 0 Å². The van der Waals surface area contributed by atoms with Crippen LogP contribution in [-0.4, -0.2) is 37.4 Å². The predicted molar refractivity (Wildman–Crippen MR) is 64.3 cm³/mol. The first kappa shape index (κ1) is 13.7. The monoisotopic (exact) mass is 286 g/mol. The third-order valence-corrected chi connectivity index (χ3v) is 3.48. The summed E-state index contributed by atoms with van der Waals surface area (Å²) in [5.41, 5.74) is -0.0520. The van der Waals surface area contributed by atoms with Gasteiger partial charge in [-0.15, -0.1) is 0 Å². The van der Waals surface area contributed by atoms with Crippen molar-refractivity contribution in [1.82, 2.24) is 9.38 Å². The Kier molecular flexibility index (Phi) is 3.42. The standard InChI is InChI=1S/C10H11N2O6P/c1-18-9(10(13)14)6-3-2-4-7-11-5-8(12(6)7)19(15,16)17/h2-5,9H,1H3,(H,13,14)(H2,15,16,17). The number of hydrogen-bond donors (Lipinski definition) is 3. The molecule has 19 heavy (non-hydrogen) atoms. The summed E-state index contributed by atoms with van der Waals surface area (Å²) in [6.07, 6.45) is -0.322. The van der Waals surface area contributed by atoms with Crippen molar-refractivity contribution in [3.63, 3.8) is 0 Å². The molecule has 2 heterocycles. The molecule has 0 amide bonds. The molecule has 0 aliphatic carbocycles. The van der Waals surface area contributed by atoms with Crippen molar-refractivity contribution in [3.05, 3.63) is 30.1 Å². The van der Waals surface area contributed by atoms with Crippen molar-refractivity contribution < 1.29 is 29.0 Å². The van der Waals surface area contributed by atoms with Crippen molar-refractivity contribution in [2.45, 2.75) is 6.10 Å². The fourth-order valence-corrected chi connectivity index (χ4v) is 2.49. The zero-order valence-electron chi connectivity index (χ0n) is 9.79. The Morgan fingerprint density at radius 3 is 2.68 bits per heavy atom. The van der Waals surface area contributed by atoms with E-state index in [2.05, 4.69) is 4.98 Å². The van der Waals surface area contributed by atoms with Gasteiger partial charge in [0.2, 0.25) is 0 Å². The summed E-state index contributed by atoms with van der Waals surface area (Å²) >= 11 is 0. The molecule has 0 spiro atoms. The zero-order valence-corrected chi connectivity index (χ0v) is 10.7. The summed E-state index contributed by atoms with van der Waals surface area (Å²) in [4.78, 5) is 33.5. The first-order valence-corrected chi connectivity index (χ1v) is 6.75. The van der Waals surface area contributed by atoms with Crippen LogP contribution >= 0.6 is 7.60 Å². The topological polar surface area (TPSA) is 121 Å². The second-order valence-electron chi connectivity index (χ2n) is 3.76. The molecule has 2 rings (SSSR count). The molecule has 9 heteroatoms. The quantitative estimate of drug-likeness (QED) is 0.671. The third kappa shape index (κ3) is 2.39. The van der Waals surface area contributed by atoms with Crippen LogP contribution in [0.5, 0.6) is 0 Å². The summed E-state index contributed by atoms with van der Waals surface area (Å²) in [6.45, 7) is 0. The number of methoxy groups -OCH3 is 1. The highest BCUT2D eigenvalue weighted by molar-refractivity contribution is 7.60. The lowest BCUT2D eigenvalue weighted by Gasteiger charge is -2.15. The largest absolute Gasteiger partial charge is 0.479 e. The van der Waals surface area contributed by atoms with Gasteiger partial charge in [0, 0.05) is 7.11 Å². The molecule has 8 nitrogen and oxygen atoms in total. The van der Waals surface area contributed by atoms with Crippen LogP contribution in [0.1, 0.15) is 11.8 Å². The summed E-state index contributed by atoms with van der Waals surface area (Å²) in [7, 11) is -3.37. The highest BCUT2D eigenvalue weighted by Gasteiger charge is 2.28. The van der Waals surface area contributed by atoms with Gasteiger partial charge in [0.1, 0.15) is 5.65 Å². The molecule has 0 aliphatic rings. The number of fused-ring (bicyclic) bond motifs is 1. The summed E-state index contributed by atoms with van der Waals surface area (Å²) in [5, 5.41) is 9.06. The molecule has 0 fully saturated rings. The van der Waals surface area contributed by atoms with Gasteiger partial charge < -0.3 is 19.6 Å². The van der Waals surface area contributed by atoms with Crippen LogP contribution in [0, 0.1) is 0 Å². The zero-order chi connectivity index (χ0) is 14.2. The van der Waals surface area contributed by atoms with Gasteiger partial charge in [-0.3, -0.25) is 8.97 Å². The normalized spacial score (nSPS) is 13.6. The van der Waals surface area contributed by atoms with E-state index in [0.717, 1.165) is 10.6 Å². The molecule has 0 saturated carbocycles. The molecular weight excluding hydrogens is 275 g/mol. The molecule has 0 aromatic carbocycles. The summed E-state index contributed by atoms with van der Waals surface area (Å²) in [5.74, 6) is -1.26. The van der Waals surface area contributed by atoms with E-state index < -0.39 is 19.7 Å². The Balaban J connectivity index is 2.78. The van der Waals surface area contributed by atoms with Gasteiger partial charge in [-0.1, -0.05) is 6.07 Å². The lowest BCUT2D eigenvalue weighted by molar-refractivity contribution is -0.149. The van der Waals surface area contributed by atoms with Crippen LogP contribution in [0.25, 0.3) is 5.65 Å². The highest BCUT2D eigenvalue weighted by Crippen LogP contribution is 2.34. The minimum absolute atomic E-state index is 0.0864.